The van der Waals surface area contributed by atoms with Gasteiger partial charge in [-0.15, -0.1) is 5.10 Å². The van der Waals surface area contributed by atoms with E-state index in [9.17, 15) is 21.6 Å². The monoisotopic (exact) mass is 479 g/mol. The fourth-order valence-corrected chi connectivity index (χ4v) is 4.34. The third-order valence-corrected chi connectivity index (χ3v) is 6.28. The van der Waals surface area contributed by atoms with Crippen LogP contribution in [-0.2, 0) is 20.9 Å². The van der Waals surface area contributed by atoms with Crippen LogP contribution in [0, 0.1) is 0 Å². The van der Waals surface area contributed by atoms with Crippen LogP contribution in [0.15, 0.2) is 65.7 Å². The molecule has 0 radical (unpaired) electrons. The van der Waals surface area contributed by atoms with Crippen LogP contribution in [0.25, 0.3) is 0 Å². The number of halogens is 3. The Labute approximate surface area is 188 Å². The summed E-state index contributed by atoms with van der Waals surface area (Å²) < 4.78 is 71.4. The number of anilines is 4. The molecule has 12 heteroatoms. The fourth-order valence-electron chi connectivity index (χ4n) is 3.24. The van der Waals surface area contributed by atoms with Gasteiger partial charge in [0.25, 0.3) is 10.0 Å². The second kappa shape index (κ2) is 9.24. The molecule has 1 aliphatic rings. The van der Waals surface area contributed by atoms with Crippen molar-refractivity contribution in [3.63, 3.8) is 0 Å². The van der Waals surface area contributed by atoms with Crippen molar-refractivity contribution in [2.75, 3.05) is 41.2 Å². The molecule has 3 aromatic rings. The Morgan fingerprint density at radius 2 is 1.67 bits per heavy atom. The molecule has 1 aliphatic heterocycles. The van der Waals surface area contributed by atoms with Crippen molar-refractivity contribution in [3.8, 4) is 0 Å². The van der Waals surface area contributed by atoms with Gasteiger partial charge in [-0.25, -0.2) is 8.42 Å². The first kappa shape index (κ1) is 22.8. The van der Waals surface area contributed by atoms with E-state index in [1.165, 1.54) is 12.1 Å². The summed E-state index contributed by atoms with van der Waals surface area (Å²) in [5, 5.41) is 11.2. The van der Waals surface area contributed by atoms with Gasteiger partial charge >= 0.3 is 6.18 Å². The summed E-state index contributed by atoms with van der Waals surface area (Å²) in [5.74, 6) is 0.510. The molecule has 0 unspecified atom stereocenters. The number of rotatable bonds is 6. The number of hydrogen-bond donors (Lipinski definition) is 2. The van der Waals surface area contributed by atoms with Crippen molar-refractivity contribution in [3.05, 3.63) is 66.4 Å². The van der Waals surface area contributed by atoms with Crippen molar-refractivity contribution < 1.29 is 26.3 Å². The molecule has 4 rings (SSSR count). The summed E-state index contributed by atoms with van der Waals surface area (Å²) in [6.45, 7) is 2.80. The molecule has 0 saturated carbocycles. The minimum atomic E-state index is -4.64. The predicted molar refractivity (Wildman–Crippen MR) is 117 cm³/mol. The fraction of sp³-hybridized carbons (Fsp3) is 0.238. The molecule has 0 aliphatic carbocycles. The van der Waals surface area contributed by atoms with Gasteiger partial charge in [0.2, 0.25) is 0 Å². The Morgan fingerprint density at radius 3 is 2.36 bits per heavy atom. The zero-order valence-electron chi connectivity index (χ0n) is 17.2. The number of morpholine rings is 1. The minimum Gasteiger partial charge on any atom is -0.378 e. The highest BCUT2D eigenvalue weighted by molar-refractivity contribution is 7.92. The Morgan fingerprint density at radius 1 is 0.970 bits per heavy atom. The van der Waals surface area contributed by atoms with Gasteiger partial charge in [0.05, 0.1) is 35.6 Å². The highest BCUT2D eigenvalue weighted by Gasteiger charge is 2.31. The lowest BCUT2D eigenvalue weighted by Gasteiger charge is -2.28. The summed E-state index contributed by atoms with van der Waals surface area (Å²) in [5.41, 5.74) is 0.697. The van der Waals surface area contributed by atoms with E-state index in [2.05, 4.69) is 25.1 Å². The van der Waals surface area contributed by atoms with Gasteiger partial charge in [-0.1, -0.05) is 6.07 Å². The van der Waals surface area contributed by atoms with Gasteiger partial charge in [-0.3, -0.25) is 4.72 Å². The summed E-state index contributed by atoms with van der Waals surface area (Å²) in [6, 6.07) is 11.6. The first-order chi connectivity index (χ1) is 15.7. The van der Waals surface area contributed by atoms with Crippen LogP contribution in [0.2, 0.25) is 0 Å². The molecule has 0 bridgehead atoms. The summed E-state index contributed by atoms with van der Waals surface area (Å²) in [7, 11) is -4.19. The molecule has 2 heterocycles. The van der Waals surface area contributed by atoms with Gasteiger partial charge in [-0.05, 0) is 42.5 Å². The van der Waals surface area contributed by atoms with Gasteiger partial charge in [0.15, 0.2) is 5.82 Å². The van der Waals surface area contributed by atoms with Crippen LogP contribution in [0.5, 0.6) is 0 Å². The predicted octanol–water partition coefficient (Wildman–Crippen LogP) is 3.88. The topological polar surface area (TPSA) is 96.5 Å². The summed E-state index contributed by atoms with van der Waals surface area (Å²) >= 11 is 0. The largest absolute Gasteiger partial charge is 0.416 e. The maximum atomic E-state index is 12.9. The Bertz CT molecular complexity index is 1210. The number of alkyl halides is 3. The third-order valence-electron chi connectivity index (χ3n) is 4.90. The standard InChI is InChI=1S/C21H20F3N5O3S/c22-21(23,24)15-2-1-3-19(12-15)33(30,31)28-17-6-4-16(5-7-17)26-20-13-18(14-25-27-20)29-8-10-32-11-9-29/h1-7,12-14,28H,8-11H2,(H,26,27). The zero-order chi connectivity index (χ0) is 23.5. The minimum absolute atomic E-state index is 0.200. The molecule has 1 fully saturated rings. The third kappa shape index (κ3) is 5.71. The van der Waals surface area contributed by atoms with E-state index in [0.717, 1.165) is 37.0 Å². The highest BCUT2D eigenvalue weighted by atomic mass is 32.2. The molecule has 0 spiro atoms. The number of hydrogen-bond acceptors (Lipinski definition) is 7. The van der Waals surface area contributed by atoms with Crippen molar-refractivity contribution in [1.82, 2.24) is 10.2 Å². The average molecular weight is 479 g/mol. The van der Waals surface area contributed by atoms with Crippen molar-refractivity contribution in [2.24, 2.45) is 0 Å². The number of sulfonamides is 1. The maximum Gasteiger partial charge on any atom is 0.416 e. The van der Waals surface area contributed by atoms with Crippen molar-refractivity contribution >= 4 is 32.9 Å². The van der Waals surface area contributed by atoms with E-state index in [1.54, 1.807) is 18.3 Å². The first-order valence-corrected chi connectivity index (χ1v) is 11.4. The number of ether oxygens (including phenoxy) is 1. The number of aromatic nitrogens is 2. The molecule has 33 heavy (non-hydrogen) atoms. The first-order valence-electron chi connectivity index (χ1n) is 9.93. The highest BCUT2D eigenvalue weighted by Crippen LogP contribution is 2.31. The average Bonchev–Trinajstić information content (AvgIpc) is 2.80. The van der Waals surface area contributed by atoms with Crippen LogP contribution in [0.4, 0.5) is 36.1 Å². The Kier molecular flexibility index (Phi) is 6.38. The molecular weight excluding hydrogens is 459 g/mol. The lowest BCUT2D eigenvalue weighted by Crippen LogP contribution is -2.36. The smallest absolute Gasteiger partial charge is 0.378 e. The number of nitrogens with zero attached hydrogens (tertiary/aromatic N) is 3. The van der Waals surface area contributed by atoms with E-state index in [1.807, 2.05) is 6.07 Å². The molecule has 1 aromatic heterocycles. The lowest BCUT2D eigenvalue weighted by molar-refractivity contribution is -0.137. The maximum absolute atomic E-state index is 12.9. The molecule has 0 amide bonds. The van der Waals surface area contributed by atoms with E-state index in [0.29, 0.717) is 30.8 Å². The molecule has 2 aromatic carbocycles. The molecular formula is C21H20F3N5O3S. The normalized spacial score (nSPS) is 14.7. The van der Waals surface area contributed by atoms with Crippen molar-refractivity contribution in [2.45, 2.75) is 11.1 Å². The van der Waals surface area contributed by atoms with E-state index < -0.39 is 26.7 Å². The molecule has 8 nitrogen and oxygen atoms in total. The van der Waals surface area contributed by atoms with Crippen LogP contribution < -0.4 is 14.9 Å². The van der Waals surface area contributed by atoms with E-state index in [4.69, 9.17) is 4.74 Å². The van der Waals surface area contributed by atoms with Gasteiger partial charge < -0.3 is 15.0 Å². The summed E-state index contributed by atoms with van der Waals surface area (Å²) in [4.78, 5) is 1.66. The van der Waals surface area contributed by atoms with Gasteiger partial charge in [0, 0.05) is 30.5 Å². The Hall–Kier alpha value is -3.38. The van der Waals surface area contributed by atoms with Gasteiger partial charge in [-0.2, -0.15) is 18.3 Å². The van der Waals surface area contributed by atoms with Gasteiger partial charge in [0.1, 0.15) is 0 Å². The molecule has 0 atom stereocenters. The molecule has 1 saturated heterocycles. The van der Waals surface area contributed by atoms with Crippen LogP contribution >= 0.6 is 0 Å². The van der Waals surface area contributed by atoms with Crippen LogP contribution in [0.1, 0.15) is 5.56 Å². The molecule has 174 valence electrons. The second-order valence-corrected chi connectivity index (χ2v) is 8.91. The summed E-state index contributed by atoms with van der Waals surface area (Å²) in [6.07, 6.45) is -2.97. The number of benzene rings is 2. The SMILES string of the molecule is O=S(=O)(Nc1ccc(Nc2cc(N3CCOCC3)cnn2)cc1)c1cccc(C(F)(F)F)c1. The van der Waals surface area contributed by atoms with E-state index in [-0.39, 0.29) is 5.69 Å². The lowest BCUT2D eigenvalue weighted by atomic mass is 10.2. The molecule has 2 N–H and O–H groups in total. The van der Waals surface area contributed by atoms with Crippen LogP contribution in [-0.4, -0.2) is 44.9 Å². The van der Waals surface area contributed by atoms with Crippen molar-refractivity contribution in [1.29, 1.82) is 0 Å². The number of nitrogens with one attached hydrogen (secondary N) is 2. The van der Waals surface area contributed by atoms with Crippen LogP contribution in [0.3, 0.4) is 0 Å². The second-order valence-electron chi connectivity index (χ2n) is 7.23. The Balaban J connectivity index is 1.45. The zero-order valence-corrected chi connectivity index (χ0v) is 18.0. The van der Waals surface area contributed by atoms with E-state index >= 15 is 0 Å². The quantitative estimate of drug-likeness (QED) is 0.554.